The maximum Gasteiger partial charge on any atom is 0.247 e. The summed E-state index contributed by atoms with van der Waals surface area (Å²) in [6, 6.07) is 18.9. The Kier molecular flexibility index (Phi) is 7.27. The molecule has 2 aromatic carbocycles. The Bertz CT molecular complexity index is 1090. The minimum atomic E-state index is -0.01000. The number of nitrogens with one attached hydrogen (secondary N) is 2. The van der Waals surface area contributed by atoms with Crippen LogP contribution in [0.3, 0.4) is 0 Å². The fourth-order valence-corrected chi connectivity index (χ4v) is 3.45. The normalized spacial score (nSPS) is 10.7. The molecule has 0 unspecified atom stereocenters. The quantitative estimate of drug-likeness (QED) is 0.369. The molecule has 2 amide bonds. The van der Waals surface area contributed by atoms with Gasteiger partial charge in [0.1, 0.15) is 24.8 Å². The Morgan fingerprint density at radius 2 is 1.09 bits per heavy atom. The number of carbonyl (C=O) groups is 2. The Morgan fingerprint density at radius 3 is 1.52 bits per heavy atom. The van der Waals surface area contributed by atoms with E-state index in [-0.39, 0.29) is 11.8 Å². The van der Waals surface area contributed by atoms with E-state index in [1.165, 1.54) is 0 Å². The van der Waals surface area contributed by atoms with Crippen molar-refractivity contribution < 1.29 is 18.7 Å². The second kappa shape index (κ2) is 10.9. The van der Waals surface area contributed by atoms with Gasteiger partial charge in [0.15, 0.2) is 0 Å². The number of aryl methyl sites for hydroxylation is 2. The molecule has 8 heteroatoms. The van der Waals surface area contributed by atoms with Crippen LogP contribution in [0.4, 0.5) is 11.4 Å². The first-order chi connectivity index (χ1) is 16.1. The first-order valence-electron chi connectivity index (χ1n) is 10.9. The third-order valence-electron chi connectivity index (χ3n) is 5.13. The lowest BCUT2D eigenvalue weighted by Gasteiger charge is -2.03. The van der Waals surface area contributed by atoms with Gasteiger partial charge in [0.25, 0.3) is 0 Å². The fourth-order valence-electron chi connectivity index (χ4n) is 3.45. The van der Waals surface area contributed by atoms with Crippen LogP contribution >= 0.6 is 0 Å². The Hall–Kier alpha value is -4.20. The highest BCUT2D eigenvalue weighted by Crippen LogP contribution is 2.06. The summed E-state index contributed by atoms with van der Waals surface area (Å²) in [6.07, 6.45) is 12.6. The first kappa shape index (κ1) is 22.0. The predicted molar refractivity (Wildman–Crippen MR) is 124 cm³/mol. The molecular formula is C25H28N6O2+2. The molecule has 0 saturated heterocycles. The van der Waals surface area contributed by atoms with Crippen LogP contribution < -0.4 is 19.8 Å². The molecule has 8 nitrogen and oxygen atoms in total. The molecule has 0 spiro atoms. The van der Waals surface area contributed by atoms with Crippen LogP contribution in [0.2, 0.25) is 0 Å². The number of hydrogen-bond acceptors (Lipinski definition) is 2. The zero-order valence-electron chi connectivity index (χ0n) is 18.4. The summed E-state index contributed by atoms with van der Waals surface area (Å²) < 4.78 is 8.08. The molecule has 0 aliphatic heterocycles. The number of para-hydroxylation sites is 2. The average molecular weight is 445 g/mol. The summed E-state index contributed by atoms with van der Waals surface area (Å²) >= 11 is 0. The highest BCUT2D eigenvalue weighted by molar-refractivity contribution is 5.91. The van der Waals surface area contributed by atoms with Crippen molar-refractivity contribution in [3.8, 4) is 0 Å². The van der Waals surface area contributed by atoms with Crippen molar-refractivity contribution in [3.63, 3.8) is 0 Å². The zero-order chi connectivity index (χ0) is 22.9. The summed E-state index contributed by atoms with van der Waals surface area (Å²) in [6.45, 7) is 1.86. The van der Waals surface area contributed by atoms with Crippen molar-refractivity contribution in [1.29, 1.82) is 0 Å². The van der Waals surface area contributed by atoms with Crippen molar-refractivity contribution in [2.45, 2.75) is 32.6 Å². The van der Waals surface area contributed by atoms with E-state index in [1.807, 2.05) is 116 Å². The number of benzene rings is 2. The van der Waals surface area contributed by atoms with Gasteiger partial charge in [-0.2, -0.15) is 9.13 Å². The van der Waals surface area contributed by atoms with Crippen LogP contribution in [-0.2, 0) is 29.3 Å². The minimum Gasteiger partial charge on any atom is -0.326 e. The van der Waals surface area contributed by atoms with E-state index in [0.29, 0.717) is 32.6 Å². The number of aromatic nitrogens is 4. The molecule has 2 aromatic heterocycles. The molecule has 0 saturated carbocycles. The summed E-state index contributed by atoms with van der Waals surface area (Å²) in [5.74, 6) is -0.0200. The molecular weight excluding hydrogens is 416 g/mol. The van der Waals surface area contributed by atoms with Crippen molar-refractivity contribution >= 4 is 23.2 Å². The summed E-state index contributed by atoms with van der Waals surface area (Å²) in [4.78, 5) is 24.3. The molecule has 0 aliphatic rings. The summed E-state index contributed by atoms with van der Waals surface area (Å²) in [5, 5.41) is 5.80. The van der Waals surface area contributed by atoms with Crippen LogP contribution in [0.5, 0.6) is 0 Å². The van der Waals surface area contributed by atoms with E-state index in [1.54, 1.807) is 0 Å². The van der Waals surface area contributed by atoms with Gasteiger partial charge >= 0.3 is 0 Å². The zero-order valence-corrected chi connectivity index (χ0v) is 18.4. The monoisotopic (exact) mass is 444 g/mol. The number of imidazole rings is 2. The van der Waals surface area contributed by atoms with Crippen molar-refractivity contribution in [2.24, 2.45) is 0 Å². The highest BCUT2D eigenvalue weighted by Gasteiger charge is 2.12. The summed E-state index contributed by atoms with van der Waals surface area (Å²) in [7, 11) is 0. The van der Waals surface area contributed by atoms with Crippen LogP contribution in [-0.4, -0.2) is 20.9 Å². The van der Waals surface area contributed by atoms with Crippen molar-refractivity contribution in [3.05, 3.63) is 98.1 Å². The largest absolute Gasteiger partial charge is 0.326 e. The smallest absolute Gasteiger partial charge is 0.247 e. The molecule has 0 bridgehead atoms. The molecule has 33 heavy (non-hydrogen) atoms. The maximum atomic E-state index is 12.1. The van der Waals surface area contributed by atoms with Crippen molar-refractivity contribution in [1.82, 2.24) is 9.13 Å². The molecule has 4 rings (SSSR count). The van der Waals surface area contributed by atoms with E-state index >= 15 is 0 Å². The predicted octanol–water partition coefficient (Wildman–Crippen LogP) is 2.43. The van der Waals surface area contributed by atoms with E-state index in [0.717, 1.165) is 11.4 Å². The van der Waals surface area contributed by atoms with Crippen LogP contribution in [0.25, 0.3) is 0 Å². The number of amides is 2. The second-order valence-electron chi connectivity index (χ2n) is 7.80. The number of anilines is 2. The summed E-state index contributed by atoms with van der Waals surface area (Å²) in [5.41, 5.74) is 1.62. The van der Waals surface area contributed by atoms with Gasteiger partial charge in [0.2, 0.25) is 31.1 Å². The lowest BCUT2D eigenvalue weighted by Crippen LogP contribution is -2.49. The van der Waals surface area contributed by atoms with Gasteiger partial charge in [-0.1, -0.05) is 36.4 Å². The van der Waals surface area contributed by atoms with Gasteiger partial charge in [0, 0.05) is 11.4 Å². The van der Waals surface area contributed by atoms with E-state index in [4.69, 9.17) is 0 Å². The second-order valence-corrected chi connectivity index (χ2v) is 7.80. The van der Waals surface area contributed by atoms with Gasteiger partial charge in [0.05, 0.1) is 25.9 Å². The van der Waals surface area contributed by atoms with Gasteiger partial charge in [-0.15, -0.1) is 0 Å². The Labute approximate surface area is 192 Å². The maximum absolute atomic E-state index is 12.1. The lowest BCUT2D eigenvalue weighted by molar-refractivity contribution is -0.912. The third-order valence-corrected chi connectivity index (χ3v) is 5.13. The highest BCUT2D eigenvalue weighted by atomic mass is 16.2. The number of rotatable bonds is 10. The number of carbonyl (C=O) groups excluding carboxylic acids is 2. The Balaban J connectivity index is 1.21. The van der Waals surface area contributed by atoms with Crippen LogP contribution in [0.15, 0.2) is 98.1 Å². The first-order valence-corrected chi connectivity index (χ1v) is 10.9. The average Bonchev–Trinajstić information content (AvgIpc) is 3.47. The van der Waals surface area contributed by atoms with Gasteiger partial charge in [-0.25, -0.2) is 9.13 Å². The topological polar surface area (TPSA) is 75.8 Å². The molecule has 0 atom stereocenters. The molecule has 2 N–H and O–H groups in total. The van der Waals surface area contributed by atoms with Gasteiger partial charge < -0.3 is 10.6 Å². The lowest BCUT2D eigenvalue weighted by atomic mass is 10.3. The molecule has 0 radical (unpaired) electrons. The minimum absolute atomic E-state index is 0.01000. The molecule has 168 valence electrons. The van der Waals surface area contributed by atoms with E-state index < -0.39 is 0 Å². The van der Waals surface area contributed by atoms with Crippen LogP contribution in [0, 0.1) is 0 Å². The van der Waals surface area contributed by atoms with E-state index in [2.05, 4.69) is 10.6 Å². The molecule has 0 fully saturated rings. The van der Waals surface area contributed by atoms with Crippen LogP contribution in [0.1, 0.15) is 12.8 Å². The van der Waals surface area contributed by atoms with Gasteiger partial charge in [-0.3, -0.25) is 9.59 Å². The SMILES string of the molecule is O=C(CCn1cc[n+](C[n+]2ccn(CCC(=O)Nc3ccccc3)c2)c1)Nc1ccccc1. The fraction of sp³-hybridized carbons (Fsp3) is 0.200. The number of nitrogens with zero attached hydrogens (tertiary/aromatic N) is 4. The van der Waals surface area contributed by atoms with E-state index in [9.17, 15) is 9.59 Å². The molecule has 2 heterocycles. The molecule has 4 aromatic rings. The third kappa shape index (κ3) is 6.90. The van der Waals surface area contributed by atoms with Crippen molar-refractivity contribution in [2.75, 3.05) is 10.6 Å². The molecule has 0 aliphatic carbocycles. The standard InChI is InChI=1S/C25H26N6O2/c32-24(26-22-7-3-1-4-8-22)11-13-28-15-17-30(19-28)21-31-18-16-29(20-31)14-12-25(33)27-23-9-5-2-6-10-23/h1-10,15-20H,11-14,21H2/p+2. The van der Waals surface area contributed by atoms with Gasteiger partial charge in [-0.05, 0) is 24.3 Å². The number of hydrogen-bond donors (Lipinski definition) is 2. The Morgan fingerprint density at radius 1 is 0.667 bits per heavy atom.